The van der Waals surface area contributed by atoms with E-state index in [9.17, 15) is 16.8 Å². The van der Waals surface area contributed by atoms with Crippen molar-refractivity contribution in [3.05, 3.63) is 53.1 Å². The molecule has 2 aromatic rings. The van der Waals surface area contributed by atoms with E-state index in [0.717, 1.165) is 18.4 Å². The number of methoxy groups -OCH3 is 1. The fraction of sp³-hybridized carbons (Fsp3) is 0.368. The highest BCUT2D eigenvalue weighted by Crippen LogP contribution is 2.27. The van der Waals surface area contributed by atoms with Crippen LogP contribution in [0.2, 0.25) is 5.02 Å². The summed E-state index contributed by atoms with van der Waals surface area (Å²) in [6.07, 6.45) is 2.18. The first-order valence-electron chi connectivity index (χ1n) is 9.16. The number of nitrogens with one attached hydrogen (secondary N) is 1. The lowest BCUT2D eigenvalue weighted by molar-refractivity contribution is 0.402. The second kappa shape index (κ2) is 9.01. The molecule has 1 fully saturated rings. The van der Waals surface area contributed by atoms with Crippen LogP contribution < -0.4 is 9.46 Å². The first kappa shape index (κ1) is 22.0. The van der Waals surface area contributed by atoms with E-state index in [-0.39, 0.29) is 22.1 Å². The Morgan fingerprint density at radius 2 is 1.69 bits per heavy atom. The molecule has 158 valence electrons. The third-order valence-electron chi connectivity index (χ3n) is 4.75. The molecular formula is C19H23ClN2O5S2. The second-order valence-electron chi connectivity index (χ2n) is 6.70. The molecule has 1 aliphatic rings. The molecule has 0 aliphatic carbocycles. The van der Waals surface area contributed by atoms with E-state index in [2.05, 4.69) is 4.72 Å². The van der Waals surface area contributed by atoms with E-state index in [1.165, 1.54) is 23.5 Å². The summed E-state index contributed by atoms with van der Waals surface area (Å²) in [6, 6.07) is 10.9. The molecule has 1 heterocycles. The number of benzene rings is 2. The summed E-state index contributed by atoms with van der Waals surface area (Å²) in [6.45, 7) is 1.26. The molecule has 0 amide bonds. The van der Waals surface area contributed by atoms with E-state index in [4.69, 9.17) is 16.3 Å². The van der Waals surface area contributed by atoms with Gasteiger partial charge in [0.15, 0.2) is 0 Å². The average molecular weight is 459 g/mol. The summed E-state index contributed by atoms with van der Waals surface area (Å²) < 4.78 is 59.3. The Kier molecular flexibility index (Phi) is 6.85. The summed E-state index contributed by atoms with van der Waals surface area (Å²) >= 11 is 5.91. The van der Waals surface area contributed by atoms with E-state index >= 15 is 0 Å². The molecule has 3 rings (SSSR count). The van der Waals surface area contributed by atoms with Gasteiger partial charge in [0.05, 0.1) is 12.0 Å². The SMILES string of the molecule is COc1ccc(Cl)cc1S(=O)(=O)NCCc1ccc(S(=O)(=O)N2CCCC2)cc1. The number of nitrogens with zero attached hydrogens (tertiary/aromatic N) is 1. The molecule has 1 N–H and O–H groups in total. The molecular weight excluding hydrogens is 436 g/mol. The lowest BCUT2D eigenvalue weighted by Gasteiger charge is -2.15. The molecule has 29 heavy (non-hydrogen) atoms. The number of halogens is 1. The lowest BCUT2D eigenvalue weighted by atomic mass is 10.2. The number of ether oxygens (including phenoxy) is 1. The van der Waals surface area contributed by atoms with Crippen molar-refractivity contribution in [1.29, 1.82) is 0 Å². The molecule has 0 radical (unpaired) electrons. The van der Waals surface area contributed by atoms with Gasteiger partial charge in [-0.15, -0.1) is 0 Å². The number of hydrogen-bond acceptors (Lipinski definition) is 5. The minimum atomic E-state index is -3.80. The largest absolute Gasteiger partial charge is 0.495 e. The maximum atomic E-state index is 12.6. The van der Waals surface area contributed by atoms with Crippen LogP contribution in [0.5, 0.6) is 5.75 Å². The lowest BCUT2D eigenvalue weighted by Crippen LogP contribution is -2.28. The van der Waals surface area contributed by atoms with Crippen LogP contribution in [0.15, 0.2) is 52.3 Å². The number of sulfonamides is 2. The summed E-state index contributed by atoms with van der Waals surface area (Å²) in [7, 11) is -5.86. The van der Waals surface area contributed by atoms with Crippen LogP contribution in [0.25, 0.3) is 0 Å². The summed E-state index contributed by atoms with van der Waals surface area (Å²) in [4.78, 5) is 0.229. The van der Waals surface area contributed by atoms with Crippen molar-refractivity contribution in [2.45, 2.75) is 29.1 Å². The van der Waals surface area contributed by atoms with Crippen LogP contribution in [0.3, 0.4) is 0 Å². The molecule has 0 spiro atoms. The van der Waals surface area contributed by atoms with Gasteiger partial charge in [0.1, 0.15) is 10.6 Å². The Morgan fingerprint density at radius 1 is 1.03 bits per heavy atom. The smallest absolute Gasteiger partial charge is 0.244 e. The first-order chi connectivity index (χ1) is 13.7. The highest BCUT2D eigenvalue weighted by molar-refractivity contribution is 7.89. The van der Waals surface area contributed by atoms with Crippen LogP contribution in [0.1, 0.15) is 18.4 Å². The van der Waals surface area contributed by atoms with Gasteiger partial charge >= 0.3 is 0 Å². The van der Waals surface area contributed by atoms with Crippen LogP contribution in [-0.4, -0.2) is 47.9 Å². The van der Waals surface area contributed by atoms with Gasteiger partial charge in [0.25, 0.3) is 0 Å². The molecule has 0 aromatic heterocycles. The van der Waals surface area contributed by atoms with Gasteiger partial charge in [-0.05, 0) is 55.2 Å². The van der Waals surface area contributed by atoms with Crippen molar-refractivity contribution in [2.75, 3.05) is 26.7 Å². The Balaban J connectivity index is 1.64. The zero-order valence-electron chi connectivity index (χ0n) is 16.0. The Labute approximate surface area is 176 Å². The molecule has 0 unspecified atom stereocenters. The average Bonchev–Trinajstić information content (AvgIpc) is 3.24. The molecule has 1 aliphatic heterocycles. The predicted octanol–water partition coefficient (Wildman–Crippen LogP) is 2.65. The van der Waals surface area contributed by atoms with Gasteiger partial charge in [0, 0.05) is 24.7 Å². The van der Waals surface area contributed by atoms with Gasteiger partial charge in [-0.25, -0.2) is 21.6 Å². The second-order valence-corrected chi connectivity index (χ2v) is 10.8. The summed E-state index contributed by atoms with van der Waals surface area (Å²) in [5.41, 5.74) is 0.825. The predicted molar refractivity (Wildman–Crippen MR) is 111 cm³/mol. The van der Waals surface area contributed by atoms with Crippen molar-refractivity contribution >= 4 is 31.6 Å². The quantitative estimate of drug-likeness (QED) is 0.656. The Morgan fingerprint density at radius 3 is 2.31 bits per heavy atom. The zero-order valence-corrected chi connectivity index (χ0v) is 18.4. The standard InChI is InChI=1S/C19H23ClN2O5S2/c1-27-18-9-6-16(20)14-19(18)28(23,24)21-11-10-15-4-7-17(8-5-15)29(25,26)22-12-2-3-13-22/h4-9,14,21H,2-3,10-13H2,1H3. The minimum Gasteiger partial charge on any atom is -0.495 e. The third kappa shape index (κ3) is 5.10. The van der Waals surface area contributed by atoms with Crippen LogP contribution >= 0.6 is 11.6 Å². The number of hydrogen-bond donors (Lipinski definition) is 1. The number of rotatable bonds is 8. The van der Waals surface area contributed by atoms with Gasteiger partial charge < -0.3 is 4.74 Å². The van der Waals surface area contributed by atoms with Crippen LogP contribution in [-0.2, 0) is 26.5 Å². The molecule has 0 saturated carbocycles. The molecule has 0 atom stereocenters. The van der Waals surface area contributed by atoms with E-state index < -0.39 is 20.0 Å². The minimum absolute atomic E-state index is 0.0282. The third-order valence-corrected chi connectivity index (χ3v) is 8.38. The normalized spacial score (nSPS) is 15.5. The highest BCUT2D eigenvalue weighted by atomic mass is 35.5. The highest BCUT2D eigenvalue weighted by Gasteiger charge is 2.27. The topological polar surface area (TPSA) is 92.8 Å². The molecule has 2 aromatic carbocycles. The van der Waals surface area contributed by atoms with Crippen molar-refractivity contribution in [3.63, 3.8) is 0 Å². The Bertz CT molecular complexity index is 1060. The maximum absolute atomic E-state index is 12.6. The Hall–Kier alpha value is -1.65. The van der Waals surface area contributed by atoms with E-state index in [0.29, 0.717) is 24.5 Å². The van der Waals surface area contributed by atoms with Crippen molar-refractivity contribution in [1.82, 2.24) is 9.03 Å². The fourth-order valence-corrected chi connectivity index (χ4v) is 6.15. The van der Waals surface area contributed by atoms with E-state index in [1.807, 2.05) is 0 Å². The van der Waals surface area contributed by atoms with Gasteiger partial charge in [-0.3, -0.25) is 0 Å². The van der Waals surface area contributed by atoms with Crippen molar-refractivity contribution in [3.8, 4) is 5.75 Å². The molecule has 1 saturated heterocycles. The molecule has 10 heteroatoms. The first-order valence-corrected chi connectivity index (χ1v) is 12.5. The fourth-order valence-electron chi connectivity index (χ4n) is 3.17. The monoisotopic (exact) mass is 458 g/mol. The van der Waals surface area contributed by atoms with Gasteiger partial charge in [-0.2, -0.15) is 4.31 Å². The summed E-state index contributed by atoms with van der Waals surface area (Å²) in [5, 5.41) is 0.293. The van der Waals surface area contributed by atoms with Gasteiger partial charge in [-0.1, -0.05) is 23.7 Å². The van der Waals surface area contributed by atoms with Crippen LogP contribution in [0, 0.1) is 0 Å². The van der Waals surface area contributed by atoms with Crippen LogP contribution in [0.4, 0.5) is 0 Å². The molecule has 7 nitrogen and oxygen atoms in total. The zero-order chi connectivity index (χ0) is 21.1. The van der Waals surface area contributed by atoms with Gasteiger partial charge in [0.2, 0.25) is 20.0 Å². The van der Waals surface area contributed by atoms with Crippen molar-refractivity contribution < 1.29 is 21.6 Å². The molecule has 0 bridgehead atoms. The van der Waals surface area contributed by atoms with Crippen molar-refractivity contribution in [2.24, 2.45) is 0 Å². The summed E-state index contributed by atoms with van der Waals surface area (Å²) in [5.74, 6) is 0.207. The maximum Gasteiger partial charge on any atom is 0.244 e. The van der Waals surface area contributed by atoms with E-state index in [1.54, 1.807) is 30.3 Å².